The van der Waals surface area contributed by atoms with Crippen LogP contribution in [-0.4, -0.2) is 5.78 Å². The average Bonchev–Trinajstić information content (AvgIpc) is 2.20. The van der Waals surface area contributed by atoms with Gasteiger partial charge in [0.15, 0.2) is 0 Å². The summed E-state index contributed by atoms with van der Waals surface area (Å²) in [6.07, 6.45) is 5.55. The lowest BCUT2D eigenvalue weighted by molar-refractivity contribution is -0.116. The zero-order chi connectivity index (χ0) is 10.6. The summed E-state index contributed by atoms with van der Waals surface area (Å²) >= 11 is 0. The quantitative estimate of drug-likeness (QED) is 0.527. The Balaban J connectivity index is 2.66. The molecule has 1 aromatic carbocycles. The fraction of sp³-hybridized carbons (Fsp3) is 0.250. The number of Topliss-reactive ketones (excluding diaryl/α,β-unsaturated/α-hetero) is 1. The number of ketones is 1. The summed E-state index contributed by atoms with van der Waals surface area (Å²) < 4.78 is 12.5. The molecule has 72 valence electrons. The summed E-state index contributed by atoms with van der Waals surface area (Å²) in [4.78, 5) is 11.1. The molecule has 0 saturated heterocycles. The van der Waals surface area contributed by atoms with E-state index >= 15 is 0 Å². The van der Waals surface area contributed by atoms with Crippen molar-refractivity contribution in [1.29, 1.82) is 0 Å². The SMILES string of the molecule is C#CC(=O)C(C)Cc1ccc(F)cc1. The van der Waals surface area contributed by atoms with Gasteiger partial charge in [0.1, 0.15) is 5.82 Å². The third-order valence-corrected chi connectivity index (χ3v) is 2.04. The minimum Gasteiger partial charge on any atom is -0.285 e. The van der Waals surface area contributed by atoms with E-state index in [1.165, 1.54) is 12.1 Å². The van der Waals surface area contributed by atoms with Crippen LogP contribution in [0.25, 0.3) is 0 Å². The van der Waals surface area contributed by atoms with Gasteiger partial charge in [-0.3, -0.25) is 4.79 Å². The predicted octanol–water partition coefficient (Wildman–Crippen LogP) is 2.21. The second kappa shape index (κ2) is 4.57. The molecule has 0 amide bonds. The number of terminal acetylenes is 1. The highest BCUT2D eigenvalue weighted by Gasteiger charge is 2.10. The van der Waals surface area contributed by atoms with Crippen molar-refractivity contribution in [2.75, 3.05) is 0 Å². The number of carbonyl (C=O) groups excluding carboxylic acids is 1. The molecule has 0 heterocycles. The van der Waals surface area contributed by atoms with Crippen molar-refractivity contribution in [2.45, 2.75) is 13.3 Å². The minimum atomic E-state index is -0.273. The minimum absolute atomic E-state index is 0.203. The van der Waals surface area contributed by atoms with E-state index in [1.54, 1.807) is 19.1 Å². The van der Waals surface area contributed by atoms with Crippen LogP contribution in [-0.2, 0) is 11.2 Å². The third-order valence-electron chi connectivity index (χ3n) is 2.04. The van der Waals surface area contributed by atoms with Gasteiger partial charge in [0.2, 0.25) is 5.78 Å². The standard InChI is InChI=1S/C12H11FO/c1-3-12(14)9(2)8-10-4-6-11(13)7-5-10/h1,4-7,9H,8H2,2H3. The van der Waals surface area contributed by atoms with Crippen molar-refractivity contribution in [3.05, 3.63) is 35.6 Å². The Morgan fingerprint density at radius 2 is 2.07 bits per heavy atom. The molecular weight excluding hydrogens is 179 g/mol. The van der Waals surface area contributed by atoms with Crippen LogP contribution in [0.15, 0.2) is 24.3 Å². The van der Waals surface area contributed by atoms with Gasteiger partial charge in [-0.15, -0.1) is 6.42 Å². The largest absolute Gasteiger partial charge is 0.285 e. The average molecular weight is 190 g/mol. The van der Waals surface area contributed by atoms with Crippen molar-refractivity contribution in [1.82, 2.24) is 0 Å². The normalized spacial score (nSPS) is 11.8. The van der Waals surface area contributed by atoms with Crippen LogP contribution in [0.2, 0.25) is 0 Å². The van der Waals surface area contributed by atoms with Gasteiger partial charge in [0.05, 0.1) is 0 Å². The second-order valence-corrected chi connectivity index (χ2v) is 3.24. The van der Waals surface area contributed by atoms with Gasteiger partial charge in [-0.1, -0.05) is 19.1 Å². The van der Waals surface area contributed by atoms with Crippen molar-refractivity contribution in [3.8, 4) is 12.3 Å². The number of hydrogen-bond donors (Lipinski definition) is 0. The highest BCUT2D eigenvalue weighted by Crippen LogP contribution is 2.10. The summed E-state index contributed by atoms with van der Waals surface area (Å²) in [5.41, 5.74) is 0.919. The van der Waals surface area contributed by atoms with E-state index in [1.807, 2.05) is 0 Å². The van der Waals surface area contributed by atoms with E-state index in [0.29, 0.717) is 6.42 Å². The first-order valence-electron chi connectivity index (χ1n) is 4.38. The molecule has 1 unspecified atom stereocenters. The van der Waals surface area contributed by atoms with Crippen LogP contribution in [0.4, 0.5) is 4.39 Å². The predicted molar refractivity (Wildman–Crippen MR) is 53.1 cm³/mol. The maximum absolute atomic E-state index is 12.5. The maximum atomic E-state index is 12.5. The Kier molecular flexibility index (Phi) is 3.41. The number of benzene rings is 1. The first-order valence-corrected chi connectivity index (χ1v) is 4.38. The lowest BCUT2D eigenvalue weighted by Gasteiger charge is -2.05. The Morgan fingerprint density at radius 1 is 1.50 bits per heavy atom. The zero-order valence-electron chi connectivity index (χ0n) is 7.96. The van der Waals surface area contributed by atoms with E-state index in [0.717, 1.165) is 5.56 Å². The van der Waals surface area contributed by atoms with Gasteiger partial charge >= 0.3 is 0 Å². The summed E-state index contributed by atoms with van der Waals surface area (Å²) in [6, 6.07) is 6.08. The van der Waals surface area contributed by atoms with Crippen molar-refractivity contribution < 1.29 is 9.18 Å². The van der Waals surface area contributed by atoms with Gasteiger partial charge in [-0.05, 0) is 30.0 Å². The molecule has 0 radical (unpaired) electrons. The van der Waals surface area contributed by atoms with Crippen molar-refractivity contribution in [3.63, 3.8) is 0 Å². The van der Waals surface area contributed by atoms with E-state index in [-0.39, 0.29) is 17.5 Å². The van der Waals surface area contributed by atoms with Crippen LogP contribution in [0.5, 0.6) is 0 Å². The molecule has 0 aliphatic carbocycles. The fourth-order valence-corrected chi connectivity index (χ4v) is 1.21. The molecule has 0 spiro atoms. The van der Waals surface area contributed by atoms with Crippen LogP contribution < -0.4 is 0 Å². The van der Waals surface area contributed by atoms with Crippen molar-refractivity contribution >= 4 is 5.78 Å². The van der Waals surface area contributed by atoms with Crippen LogP contribution >= 0.6 is 0 Å². The lowest BCUT2D eigenvalue weighted by atomic mass is 9.97. The summed E-state index contributed by atoms with van der Waals surface area (Å²) in [5.74, 6) is 1.39. The van der Waals surface area contributed by atoms with Crippen LogP contribution in [0.1, 0.15) is 12.5 Å². The lowest BCUT2D eigenvalue weighted by Crippen LogP contribution is -2.11. The van der Waals surface area contributed by atoms with E-state index < -0.39 is 0 Å². The molecule has 0 fully saturated rings. The summed E-state index contributed by atoms with van der Waals surface area (Å²) in [7, 11) is 0. The molecule has 0 bridgehead atoms. The molecule has 1 atom stereocenters. The van der Waals surface area contributed by atoms with Gasteiger partial charge < -0.3 is 0 Å². The van der Waals surface area contributed by atoms with Gasteiger partial charge in [-0.2, -0.15) is 0 Å². The molecule has 0 aromatic heterocycles. The topological polar surface area (TPSA) is 17.1 Å². The second-order valence-electron chi connectivity index (χ2n) is 3.24. The monoisotopic (exact) mass is 190 g/mol. The molecule has 0 N–H and O–H groups in total. The molecule has 0 saturated carbocycles. The molecule has 0 aliphatic rings. The first-order chi connectivity index (χ1) is 6.63. The number of rotatable bonds is 3. The third kappa shape index (κ3) is 2.70. The smallest absolute Gasteiger partial charge is 0.208 e. The van der Waals surface area contributed by atoms with E-state index in [9.17, 15) is 9.18 Å². The maximum Gasteiger partial charge on any atom is 0.208 e. The highest BCUT2D eigenvalue weighted by molar-refractivity contribution is 5.96. The summed E-state index contributed by atoms with van der Waals surface area (Å²) in [6.45, 7) is 1.77. The van der Waals surface area contributed by atoms with Gasteiger partial charge in [-0.25, -0.2) is 4.39 Å². The Hall–Kier alpha value is -1.62. The molecule has 1 aromatic rings. The molecule has 1 nitrogen and oxygen atoms in total. The van der Waals surface area contributed by atoms with Crippen LogP contribution in [0, 0.1) is 24.1 Å². The van der Waals surface area contributed by atoms with E-state index in [2.05, 4.69) is 5.92 Å². The van der Waals surface area contributed by atoms with Crippen LogP contribution in [0.3, 0.4) is 0 Å². The first kappa shape index (κ1) is 10.5. The highest BCUT2D eigenvalue weighted by atomic mass is 19.1. The molecule has 1 rings (SSSR count). The molecular formula is C12H11FO. The number of halogens is 1. The Labute approximate surface area is 82.9 Å². The molecule has 14 heavy (non-hydrogen) atoms. The van der Waals surface area contributed by atoms with Gasteiger partial charge in [0.25, 0.3) is 0 Å². The van der Waals surface area contributed by atoms with Crippen molar-refractivity contribution in [2.24, 2.45) is 5.92 Å². The fourth-order valence-electron chi connectivity index (χ4n) is 1.21. The zero-order valence-corrected chi connectivity index (χ0v) is 7.96. The Morgan fingerprint density at radius 3 is 2.57 bits per heavy atom. The Bertz CT molecular complexity index is 359. The summed E-state index contributed by atoms with van der Waals surface area (Å²) in [5, 5.41) is 0. The molecule has 2 heteroatoms. The molecule has 0 aliphatic heterocycles. The van der Waals surface area contributed by atoms with Gasteiger partial charge in [0, 0.05) is 5.92 Å². The number of carbonyl (C=O) groups is 1. The number of hydrogen-bond acceptors (Lipinski definition) is 1. The van der Waals surface area contributed by atoms with E-state index in [4.69, 9.17) is 6.42 Å².